The zero-order valence-electron chi connectivity index (χ0n) is 14.9. The van der Waals surface area contributed by atoms with E-state index in [-0.39, 0.29) is 11.9 Å². The largest absolute Gasteiger partial charge is 0.345 e. The lowest BCUT2D eigenvalue weighted by Gasteiger charge is -2.24. The van der Waals surface area contributed by atoms with Gasteiger partial charge in [-0.25, -0.2) is 4.68 Å². The zero-order valence-corrected chi connectivity index (χ0v) is 14.9. The summed E-state index contributed by atoms with van der Waals surface area (Å²) in [6.45, 7) is 2.59. The van der Waals surface area contributed by atoms with Gasteiger partial charge in [-0.15, -0.1) is 5.10 Å². The molecule has 0 saturated carbocycles. The topological polar surface area (TPSA) is 90.5 Å². The zero-order chi connectivity index (χ0) is 18.1. The van der Waals surface area contributed by atoms with Gasteiger partial charge in [0.1, 0.15) is 6.33 Å². The predicted octanol–water partition coefficient (Wildman–Crippen LogP) is 1.57. The summed E-state index contributed by atoms with van der Waals surface area (Å²) in [6, 6.07) is 7.57. The Bertz CT molecular complexity index is 912. The lowest BCUT2D eigenvalue weighted by molar-refractivity contribution is 0.0932. The van der Waals surface area contributed by atoms with Crippen LogP contribution in [0.4, 0.5) is 0 Å². The molecule has 1 aliphatic rings. The number of fused-ring (bicyclic) bond motifs is 1. The van der Waals surface area contributed by atoms with E-state index in [1.54, 1.807) is 11.0 Å². The van der Waals surface area contributed by atoms with Gasteiger partial charge in [-0.05, 0) is 54.3 Å². The summed E-state index contributed by atoms with van der Waals surface area (Å²) >= 11 is 0. The average Bonchev–Trinajstić information content (AvgIpc) is 3.24. The Labute approximate surface area is 151 Å². The molecule has 0 radical (unpaired) electrons. The van der Waals surface area contributed by atoms with Crippen LogP contribution in [0.1, 0.15) is 51.8 Å². The van der Waals surface area contributed by atoms with Crippen molar-refractivity contribution in [2.45, 2.75) is 38.8 Å². The highest BCUT2D eigenvalue weighted by molar-refractivity contribution is 5.94. The summed E-state index contributed by atoms with van der Waals surface area (Å²) < 4.78 is 3.58. The van der Waals surface area contributed by atoms with E-state index in [0.717, 1.165) is 30.5 Å². The number of carbonyl (C=O) groups is 1. The molecule has 1 N–H and O–H groups in total. The highest BCUT2D eigenvalue weighted by Crippen LogP contribution is 2.32. The second-order valence-electron chi connectivity index (χ2n) is 6.69. The second-order valence-corrected chi connectivity index (χ2v) is 6.69. The van der Waals surface area contributed by atoms with E-state index in [2.05, 4.69) is 25.9 Å². The van der Waals surface area contributed by atoms with Gasteiger partial charge in [0.05, 0.1) is 18.3 Å². The molecule has 0 aliphatic heterocycles. The van der Waals surface area contributed by atoms with Crippen molar-refractivity contribution < 1.29 is 4.79 Å². The Morgan fingerprint density at radius 1 is 1.31 bits per heavy atom. The highest BCUT2D eigenvalue weighted by Gasteiger charge is 2.27. The molecule has 0 saturated heterocycles. The van der Waals surface area contributed by atoms with Gasteiger partial charge in [0.25, 0.3) is 5.91 Å². The van der Waals surface area contributed by atoms with Crippen LogP contribution in [0.5, 0.6) is 0 Å². The highest BCUT2D eigenvalue weighted by atomic mass is 16.1. The van der Waals surface area contributed by atoms with Gasteiger partial charge in [0, 0.05) is 23.9 Å². The SMILES string of the molecule is Cc1nn(C)c2c1C(NC(=O)c1ccc(Cn3cnnn3)cc1)CCC2. The first-order valence-corrected chi connectivity index (χ1v) is 8.75. The second kappa shape index (κ2) is 6.70. The molecule has 0 bridgehead atoms. The number of nitrogens with one attached hydrogen (secondary N) is 1. The fourth-order valence-electron chi connectivity index (χ4n) is 3.68. The standard InChI is InChI=1S/C18H21N7O/c1-12-17-15(4-3-5-16(17)24(2)21-12)20-18(26)14-8-6-13(7-9-14)10-25-11-19-22-23-25/h6-9,11,15H,3-5,10H2,1-2H3,(H,20,26). The summed E-state index contributed by atoms with van der Waals surface area (Å²) in [6.07, 6.45) is 4.59. The molecule has 134 valence electrons. The van der Waals surface area contributed by atoms with Crippen LogP contribution in [0.15, 0.2) is 30.6 Å². The third-order valence-electron chi connectivity index (χ3n) is 4.90. The number of rotatable bonds is 4. The number of carbonyl (C=O) groups excluding carboxylic acids is 1. The third-order valence-corrected chi connectivity index (χ3v) is 4.90. The van der Waals surface area contributed by atoms with Crippen molar-refractivity contribution in [1.29, 1.82) is 0 Å². The first-order chi connectivity index (χ1) is 12.6. The van der Waals surface area contributed by atoms with Crippen molar-refractivity contribution in [3.05, 3.63) is 58.7 Å². The van der Waals surface area contributed by atoms with Crippen LogP contribution in [0.25, 0.3) is 0 Å². The molecule has 1 unspecified atom stereocenters. The number of aromatic nitrogens is 6. The van der Waals surface area contributed by atoms with Gasteiger partial charge in [0.2, 0.25) is 0 Å². The summed E-state index contributed by atoms with van der Waals surface area (Å²) in [5, 5.41) is 18.8. The minimum Gasteiger partial charge on any atom is -0.345 e. The number of tetrazole rings is 1. The Balaban J connectivity index is 1.47. The first kappa shape index (κ1) is 16.4. The van der Waals surface area contributed by atoms with Crippen LogP contribution in [0.3, 0.4) is 0 Å². The van der Waals surface area contributed by atoms with E-state index in [9.17, 15) is 4.79 Å². The van der Waals surface area contributed by atoms with Gasteiger partial charge in [-0.2, -0.15) is 5.10 Å². The molecule has 1 aliphatic carbocycles. The Morgan fingerprint density at radius 3 is 2.85 bits per heavy atom. The number of hydrogen-bond acceptors (Lipinski definition) is 5. The van der Waals surface area contributed by atoms with Crippen LogP contribution in [-0.2, 0) is 20.0 Å². The number of aryl methyl sites for hydroxylation is 2. The summed E-state index contributed by atoms with van der Waals surface area (Å²) in [5.41, 5.74) is 5.11. The Morgan fingerprint density at radius 2 is 2.12 bits per heavy atom. The lowest BCUT2D eigenvalue weighted by Crippen LogP contribution is -2.31. The number of amides is 1. The predicted molar refractivity (Wildman–Crippen MR) is 94.5 cm³/mol. The molecule has 4 rings (SSSR count). The van der Waals surface area contributed by atoms with E-state index in [1.165, 1.54) is 11.3 Å². The maximum atomic E-state index is 12.7. The van der Waals surface area contributed by atoms with Gasteiger partial charge < -0.3 is 5.32 Å². The van der Waals surface area contributed by atoms with Gasteiger partial charge in [-0.3, -0.25) is 9.48 Å². The van der Waals surface area contributed by atoms with Crippen molar-refractivity contribution in [2.24, 2.45) is 7.05 Å². The van der Waals surface area contributed by atoms with Crippen LogP contribution in [-0.4, -0.2) is 35.9 Å². The Hall–Kier alpha value is -3.03. The summed E-state index contributed by atoms with van der Waals surface area (Å²) in [7, 11) is 1.97. The van der Waals surface area contributed by atoms with E-state index in [0.29, 0.717) is 12.1 Å². The average molecular weight is 351 g/mol. The fraction of sp³-hybridized carbons (Fsp3) is 0.389. The third kappa shape index (κ3) is 3.10. The molecule has 8 nitrogen and oxygen atoms in total. The first-order valence-electron chi connectivity index (χ1n) is 8.75. The minimum absolute atomic E-state index is 0.0286. The molecule has 2 aromatic heterocycles. The smallest absolute Gasteiger partial charge is 0.251 e. The Kier molecular flexibility index (Phi) is 4.24. The van der Waals surface area contributed by atoms with Crippen LogP contribution in [0.2, 0.25) is 0 Å². The lowest BCUT2D eigenvalue weighted by atomic mass is 9.90. The minimum atomic E-state index is -0.0555. The number of benzene rings is 1. The van der Waals surface area contributed by atoms with Crippen molar-refractivity contribution >= 4 is 5.91 Å². The van der Waals surface area contributed by atoms with Crippen molar-refractivity contribution in [3.8, 4) is 0 Å². The maximum Gasteiger partial charge on any atom is 0.251 e. The van der Waals surface area contributed by atoms with E-state index < -0.39 is 0 Å². The number of nitrogens with zero attached hydrogens (tertiary/aromatic N) is 6. The van der Waals surface area contributed by atoms with Crippen LogP contribution >= 0.6 is 0 Å². The van der Waals surface area contributed by atoms with Crippen LogP contribution < -0.4 is 5.32 Å². The molecule has 1 aromatic carbocycles. The molecule has 1 atom stereocenters. The molecular weight excluding hydrogens is 330 g/mol. The quantitative estimate of drug-likeness (QED) is 0.770. The molecule has 3 aromatic rings. The molecule has 1 amide bonds. The van der Waals surface area contributed by atoms with E-state index >= 15 is 0 Å². The molecule has 26 heavy (non-hydrogen) atoms. The van der Waals surface area contributed by atoms with Crippen molar-refractivity contribution in [1.82, 2.24) is 35.3 Å². The van der Waals surface area contributed by atoms with Gasteiger partial charge in [-0.1, -0.05) is 12.1 Å². The molecule has 8 heteroatoms. The summed E-state index contributed by atoms with van der Waals surface area (Å²) in [4.78, 5) is 12.7. The molecular formula is C18H21N7O. The molecule has 0 fully saturated rings. The van der Waals surface area contributed by atoms with Crippen molar-refractivity contribution in [3.63, 3.8) is 0 Å². The fourth-order valence-corrected chi connectivity index (χ4v) is 3.68. The van der Waals surface area contributed by atoms with Gasteiger partial charge in [0.15, 0.2) is 0 Å². The normalized spacial score (nSPS) is 16.3. The van der Waals surface area contributed by atoms with E-state index in [4.69, 9.17) is 0 Å². The monoisotopic (exact) mass is 351 g/mol. The summed E-state index contributed by atoms with van der Waals surface area (Å²) in [5.74, 6) is -0.0555. The maximum absolute atomic E-state index is 12.7. The van der Waals surface area contributed by atoms with Gasteiger partial charge >= 0.3 is 0 Å². The van der Waals surface area contributed by atoms with Crippen LogP contribution in [0, 0.1) is 6.92 Å². The number of hydrogen-bond donors (Lipinski definition) is 1. The molecule has 0 spiro atoms. The van der Waals surface area contributed by atoms with Crippen molar-refractivity contribution in [2.75, 3.05) is 0 Å². The van der Waals surface area contributed by atoms with E-state index in [1.807, 2.05) is 42.9 Å². The molecule has 2 heterocycles.